The minimum Gasteiger partial charge on any atom is -0.451 e. The highest BCUT2D eigenvalue weighted by molar-refractivity contribution is 7.91. The quantitative estimate of drug-likeness (QED) is 0.707. The van der Waals surface area contributed by atoms with Crippen molar-refractivity contribution in [1.29, 1.82) is 0 Å². The fraction of sp³-hybridized carbons (Fsp3) is 0.474. The Hall–Kier alpha value is -2.75. The van der Waals surface area contributed by atoms with Crippen LogP contribution in [0.2, 0.25) is 0 Å². The summed E-state index contributed by atoms with van der Waals surface area (Å²) in [6.07, 6.45) is 0.420. The summed E-state index contributed by atoms with van der Waals surface area (Å²) in [6.45, 7) is 3.31. The van der Waals surface area contributed by atoms with Crippen LogP contribution in [-0.2, 0) is 29.0 Å². The summed E-state index contributed by atoms with van der Waals surface area (Å²) < 4.78 is 28.3. The Morgan fingerprint density at radius 3 is 2.72 bits per heavy atom. The normalized spacial score (nSPS) is 20.9. The van der Waals surface area contributed by atoms with E-state index in [2.05, 4.69) is 10.4 Å². The molecule has 1 aromatic carbocycles. The van der Waals surface area contributed by atoms with Crippen LogP contribution < -0.4 is 5.32 Å². The number of aryl methyl sites for hydroxylation is 1. The van der Waals surface area contributed by atoms with Crippen molar-refractivity contribution in [1.82, 2.24) is 5.01 Å². The van der Waals surface area contributed by atoms with Gasteiger partial charge in [0, 0.05) is 18.5 Å². The molecule has 2 aliphatic rings. The first-order valence-corrected chi connectivity index (χ1v) is 11.1. The lowest BCUT2D eigenvalue weighted by Crippen LogP contribution is -2.42. The van der Waals surface area contributed by atoms with Gasteiger partial charge in [-0.3, -0.25) is 9.59 Å². The summed E-state index contributed by atoms with van der Waals surface area (Å²) in [4.78, 5) is 36.5. The number of benzene rings is 1. The summed E-state index contributed by atoms with van der Waals surface area (Å²) in [5.41, 5.74) is 2.59. The van der Waals surface area contributed by atoms with Crippen LogP contribution in [0.3, 0.4) is 0 Å². The van der Waals surface area contributed by atoms with Crippen LogP contribution in [0.25, 0.3) is 0 Å². The van der Waals surface area contributed by atoms with Crippen LogP contribution in [0.1, 0.15) is 30.4 Å². The van der Waals surface area contributed by atoms with E-state index in [1.807, 2.05) is 26.0 Å². The van der Waals surface area contributed by atoms with Crippen LogP contribution in [0.4, 0.5) is 5.69 Å². The smallest absolute Gasteiger partial charge is 0.355 e. The number of nitrogens with one attached hydrogen (secondary N) is 1. The van der Waals surface area contributed by atoms with Crippen LogP contribution in [0, 0.1) is 13.8 Å². The largest absolute Gasteiger partial charge is 0.451 e. The molecule has 1 aromatic rings. The number of hydrogen-bond acceptors (Lipinski definition) is 7. The number of hydrazone groups is 1. The van der Waals surface area contributed by atoms with Gasteiger partial charge < -0.3 is 10.1 Å². The molecule has 0 radical (unpaired) electrons. The Kier molecular flexibility index (Phi) is 6.02. The average molecular weight is 421 g/mol. The first-order chi connectivity index (χ1) is 13.7. The van der Waals surface area contributed by atoms with Gasteiger partial charge in [0.05, 0.1) is 17.5 Å². The summed E-state index contributed by atoms with van der Waals surface area (Å²) in [7, 11) is -3.20. The SMILES string of the molecule is Cc1cccc(NC(=O)COC(=O)C2=NN([C@H]3CCS(=O)(=O)C3)C(=O)CC2)c1C. The maximum absolute atomic E-state index is 12.3. The maximum atomic E-state index is 12.3. The van der Waals surface area contributed by atoms with Gasteiger partial charge in [-0.05, 0) is 37.5 Å². The number of nitrogens with zero attached hydrogens (tertiary/aromatic N) is 2. The molecule has 0 saturated carbocycles. The van der Waals surface area contributed by atoms with Gasteiger partial charge in [0.1, 0.15) is 5.71 Å². The number of anilines is 1. The number of carbonyl (C=O) groups is 3. The minimum absolute atomic E-state index is 0.00467. The highest BCUT2D eigenvalue weighted by Gasteiger charge is 2.37. The molecule has 1 saturated heterocycles. The molecular formula is C19H23N3O6S. The van der Waals surface area contributed by atoms with E-state index >= 15 is 0 Å². The van der Waals surface area contributed by atoms with Crippen molar-refractivity contribution in [3.8, 4) is 0 Å². The van der Waals surface area contributed by atoms with Gasteiger partial charge in [0.25, 0.3) is 5.91 Å². The van der Waals surface area contributed by atoms with E-state index in [1.54, 1.807) is 6.07 Å². The van der Waals surface area contributed by atoms with Crippen molar-refractivity contribution in [2.24, 2.45) is 5.10 Å². The Bertz CT molecular complexity index is 986. The first-order valence-electron chi connectivity index (χ1n) is 9.29. The summed E-state index contributed by atoms with van der Waals surface area (Å²) in [5.74, 6) is -1.77. The molecule has 0 unspecified atom stereocenters. The van der Waals surface area contributed by atoms with Crippen LogP contribution in [0.15, 0.2) is 23.3 Å². The summed E-state index contributed by atoms with van der Waals surface area (Å²) >= 11 is 0. The van der Waals surface area contributed by atoms with Gasteiger partial charge >= 0.3 is 5.97 Å². The molecule has 156 valence electrons. The predicted octanol–water partition coefficient (Wildman–Crippen LogP) is 0.951. The monoisotopic (exact) mass is 421 g/mol. The van der Waals surface area contributed by atoms with Crippen molar-refractivity contribution in [2.75, 3.05) is 23.4 Å². The van der Waals surface area contributed by atoms with Crippen molar-refractivity contribution in [3.05, 3.63) is 29.3 Å². The Balaban J connectivity index is 1.59. The lowest BCUT2D eigenvalue weighted by molar-refractivity contribution is -0.141. The number of ether oxygens (including phenoxy) is 1. The van der Waals surface area contributed by atoms with E-state index in [0.29, 0.717) is 5.69 Å². The van der Waals surface area contributed by atoms with E-state index in [4.69, 9.17) is 4.74 Å². The predicted molar refractivity (Wildman–Crippen MR) is 106 cm³/mol. The second-order valence-electron chi connectivity index (χ2n) is 7.21. The molecule has 2 aliphatic heterocycles. The maximum Gasteiger partial charge on any atom is 0.355 e. The van der Waals surface area contributed by atoms with Crippen molar-refractivity contribution >= 4 is 39.0 Å². The van der Waals surface area contributed by atoms with Crippen LogP contribution in [-0.4, -0.2) is 61.1 Å². The van der Waals surface area contributed by atoms with Gasteiger partial charge in [0.2, 0.25) is 5.91 Å². The zero-order valence-corrected chi connectivity index (χ0v) is 17.1. The molecule has 9 nitrogen and oxygen atoms in total. The lowest BCUT2D eigenvalue weighted by Gasteiger charge is -2.27. The van der Waals surface area contributed by atoms with Gasteiger partial charge in [-0.2, -0.15) is 5.10 Å². The molecule has 10 heteroatoms. The molecule has 1 atom stereocenters. The lowest BCUT2D eigenvalue weighted by atomic mass is 10.1. The summed E-state index contributed by atoms with van der Waals surface area (Å²) in [5, 5.41) is 7.80. The van der Waals surface area contributed by atoms with Crippen LogP contribution in [0.5, 0.6) is 0 Å². The van der Waals surface area contributed by atoms with E-state index < -0.39 is 34.4 Å². The van der Waals surface area contributed by atoms with E-state index in [9.17, 15) is 22.8 Å². The topological polar surface area (TPSA) is 122 Å². The fourth-order valence-corrected chi connectivity index (χ4v) is 4.95. The number of hydrogen-bond donors (Lipinski definition) is 1. The molecule has 1 fully saturated rings. The van der Waals surface area contributed by atoms with Crippen LogP contribution >= 0.6 is 0 Å². The van der Waals surface area contributed by atoms with Gasteiger partial charge in [-0.1, -0.05) is 12.1 Å². The highest BCUT2D eigenvalue weighted by atomic mass is 32.2. The molecule has 0 bridgehead atoms. The fourth-order valence-electron chi connectivity index (χ4n) is 3.26. The van der Waals surface area contributed by atoms with Gasteiger partial charge in [-0.15, -0.1) is 0 Å². The molecule has 0 aromatic heterocycles. The second kappa shape index (κ2) is 8.32. The number of amides is 2. The molecule has 29 heavy (non-hydrogen) atoms. The Labute approximate surface area is 169 Å². The third kappa shape index (κ3) is 5.00. The molecular weight excluding hydrogens is 398 g/mol. The van der Waals surface area contributed by atoms with E-state index in [-0.39, 0.29) is 42.4 Å². The third-order valence-corrected chi connectivity index (χ3v) is 6.81. The van der Waals surface area contributed by atoms with E-state index in [0.717, 1.165) is 16.1 Å². The highest BCUT2D eigenvalue weighted by Crippen LogP contribution is 2.22. The molecule has 0 aliphatic carbocycles. The summed E-state index contributed by atoms with van der Waals surface area (Å²) in [6, 6.07) is 4.93. The number of esters is 1. The van der Waals surface area contributed by atoms with Crippen molar-refractivity contribution < 1.29 is 27.5 Å². The van der Waals surface area contributed by atoms with Gasteiger partial charge in [0.15, 0.2) is 16.4 Å². The number of sulfone groups is 1. The zero-order chi connectivity index (χ0) is 21.2. The standard InChI is InChI=1S/C19H23N3O6S/c1-12-4-3-5-15(13(12)2)20-17(23)10-28-19(25)16-6-7-18(24)22(21-16)14-8-9-29(26,27)11-14/h3-5,14H,6-11H2,1-2H3,(H,20,23)/t14-/m0/s1. The Morgan fingerprint density at radius 1 is 1.28 bits per heavy atom. The Morgan fingerprint density at radius 2 is 2.03 bits per heavy atom. The average Bonchev–Trinajstić information content (AvgIpc) is 3.03. The first kappa shape index (κ1) is 21.0. The van der Waals surface area contributed by atoms with Crippen molar-refractivity contribution in [3.63, 3.8) is 0 Å². The van der Waals surface area contributed by atoms with E-state index in [1.165, 1.54) is 0 Å². The molecule has 0 spiro atoms. The molecule has 2 amide bonds. The molecule has 2 heterocycles. The third-order valence-electron chi connectivity index (χ3n) is 5.06. The minimum atomic E-state index is -3.20. The molecule has 1 N–H and O–H groups in total. The van der Waals surface area contributed by atoms with Crippen molar-refractivity contribution in [2.45, 2.75) is 39.2 Å². The number of carbonyl (C=O) groups excluding carboxylic acids is 3. The van der Waals surface area contributed by atoms with Gasteiger partial charge in [-0.25, -0.2) is 18.2 Å². The zero-order valence-electron chi connectivity index (χ0n) is 16.3. The number of rotatable bonds is 5. The second-order valence-corrected chi connectivity index (χ2v) is 9.44. The molecule has 3 rings (SSSR count).